The molecule has 4 aromatic heterocycles. The van der Waals surface area contributed by atoms with Crippen molar-refractivity contribution < 1.29 is 4.79 Å². The fourth-order valence-electron chi connectivity index (χ4n) is 3.02. The zero-order valence-electron chi connectivity index (χ0n) is 15.6. The number of carbonyl (C=O) groups is 1. The van der Waals surface area contributed by atoms with E-state index in [1.54, 1.807) is 29.8 Å². The van der Waals surface area contributed by atoms with Crippen molar-refractivity contribution in [3.05, 3.63) is 38.5 Å². The number of amides is 1. The third-order valence-electron chi connectivity index (χ3n) is 4.50. The molecule has 140 valence electrons. The van der Waals surface area contributed by atoms with Gasteiger partial charge in [-0.2, -0.15) is 5.10 Å². The summed E-state index contributed by atoms with van der Waals surface area (Å²) in [7, 11) is 3.49. The highest BCUT2D eigenvalue weighted by molar-refractivity contribution is 9.10. The molecule has 0 aliphatic carbocycles. The maximum absolute atomic E-state index is 12.4. The summed E-state index contributed by atoms with van der Waals surface area (Å²) in [5.74, 6) is 0.620. The van der Waals surface area contributed by atoms with E-state index in [0.717, 1.165) is 31.6 Å². The third kappa shape index (κ3) is 2.83. The Morgan fingerprint density at radius 1 is 1.26 bits per heavy atom. The lowest BCUT2D eigenvalue weighted by Gasteiger charge is -2.08. The van der Waals surface area contributed by atoms with Crippen LogP contribution in [0.15, 0.2) is 10.8 Å². The second-order valence-corrected chi connectivity index (χ2v) is 8.41. The normalized spacial score (nSPS) is 11.6. The van der Waals surface area contributed by atoms with E-state index in [1.165, 1.54) is 11.3 Å². The summed E-state index contributed by atoms with van der Waals surface area (Å²) in [5.41, 5.74) is 3.56. The minimum absolute atomic E-state index is 0.0270. The SMILES string of the molecule is Cc1nn(Cc2nc3c4c(C)c(C(=O)N(C)C)sc4ncn3n2)c(C)c1Br. The van der Waals surface area contributed by atoms with Gasteiger partial charge >= 0.3 is 0 Å². The van der Waals surface area contributed by atoms with Gasteiger partial charge in [0.05, 0.1) is 26.1 Å². The molecule has 10 heteroatoms. The lowest BCUT2D eigenvalue weighted by molar-refractivity contribution is 0.0831. The van der Waals surface area contributed by atoms with Gasteiger partial charge in [-0.25, -0.2) is 14.5 Å². The molecule has 0 atom stereocenters. The predicted octanol–water partition coefficient (Wildman–Crippen LogP) is 2.97. The lowest BCUT2D eigenvalue weighted by Crippen LogP contribution is -2.21. The van der Waals surface area contributed by atoms with E-state index in [1.807, 2.05) is 25.5 Å². The summed E-state index contributed by atoms with van der Waals surface area (Å²) in [5, 5.41) is 9.94. The van der Waals surface area contributed by atoms with Gasteiger partial charge in [-0.15, -0.1) is 16.4 Å². The first kappa shape index (κ1) is 18.1. The summed E-state index contributed by atoms with van der Waals surface area (Å²) in [6.07, 6.45) is 1.64. The van der Waals surface area contributed by atoms with Gasteiger partial charge in [-0.3, -0.25) is 9.48 Å². The Labute approximate surface area is 168 Å². The van der Waals surface area contributed by atoms with Crippen LogP contribution in [0.3, 0.4) is 0 Å². The van der Waals surface area contributed by atoms with Crippen LogP contribution in [0.2, 0.25) is 0 Å². The molecule has 1 amide bonds. The number of hydrogen-bond acceptors (Lipinski definition) is 6. The number of nitrogens with zero attached hydrogens (tertiary/aromatic N) is 7. The summed E-state index contributed by atoms with van der Waals surface area (Å²) < 4.78 is 4.54. The molecular formula is C17H18BrN7OS. The first-order valence-electron chi connectivity index (χ1n) is 8.32. The molecule has 8 nitrogen and oxygen atoms in total. The van der Waals surface area contributed by atoms with Gasteiger partial charge in [0.2, 0.25) is 0 Å². The minimum Gasteiger partial charge on any atom is -0.344 e. The minimum atomic E-state index is -0.0270. The molecule has 0 spiro atoms. The standard InChI is InChI=1S/C17H18BrN7OS/c1-8-12-15-20-11(6-24-10(3)13(18)9(2)21-24)22-25(15)7-19-16(12)27-14(8)17(26)23(4)5/h7H,6H2,1-5H3. The molecule has 4 rings (SSSR count). The Hall–Kier alpha value is -2.33. The molecular weight excluding hydrogens is 430 g/mol. The monoisotopic (exact) mass is 447 g/mol. The molecule has 4 heterocycles. The van der Waals surface area contributed by atoms with Crippen LogP contribution < -0.4 is 0 Å². The average Bonchev–Trinajstić information content (AvgIpc) is 3.25. The second-order valence-electron chi connectivity index (χ2n) is 6.62. The summed E-state index contributed by atoms with van der Waals surface area (Å²) in [6, 6.07) is 0. The average molecular weight is 448 g/mol. The van der Waals surface area contributed by atoms with Crippen molar-refractivity contribution in [2.75, 3.05) is 14.1 Å². The Morgan fingerprint density at radius 2 is 2.00 bits per heavy atom. The lowest BCUT2D eigenvalue weighted by atomic mass is 10.2. The predicted molar refractivity (Wildman–Crippen MR) is 107 cm³/mol. The van der Waals surface area contributed by atoms with Gasteiger partial charge < -0.3 is 4.90 Å². The van der Waals surface area contributed by atoms with Gasteiger partial charge in [-0.1, -0.05) is 0 Å². The molecule has 0 aliphatic heterocycles. The molecule has 0 N–H and O–H groups in total. The van der Waals surface area contributed by atoms with E-state index in [2.05, 4.69) is 31.1 Å². The quantitative estimate of drug-likeness (QED) is 0.482. The Balaban J connectivity index is 1.83. The third-order valence-corrected chi connectivity index (χ3v) is 6.83. The number of thiophene rings is 1. The molecule has 0 radical (unpaired) electrons. The second kappa shape index (κ2) is 6.38. The molecule has 0 unspecified atom stereocenters. The Morgan fingerprint density at radius 3 is 2.63 bits per heavy atom. The number of aromatic nitrogens is 6. The van der Waals surface area contributed by atoms with E-state index in [4.69, 9.17) is 4.98 Å². The number of carbonyl (C=O) groups excluding carboxylic acids is 1. The molecule has 0 aliphatic rings. The van der Waals surface area contributed by atoms with Crippen LogP contribution in [0.5, 0.6) is 0 Å². The number of hydrogen-bond donors (Lipinski definition) is 0. The largest absolute Gasteiger partial charge is 0.344 e. The van der Waals surface area contributed by atoms with E-state index in [0.29, 0.717) is 22.9 Å². The highest BCUT2D eigenvalue weighted by Crippen LogP contribution is 2.32. The zero-order chi connectivity index (χ0) is 19.5. The van der Waals surface area contributed by atoms with Crippen molar-refractivity contribution in [1.29, 1.82) is 0 Å². The van der Waals surface area contributed by atoms with Crippen molar-refractivity contribution in [3.8, 4) is 0 Å². The van der Waals surface area contributed by atoms with Crippen LogP contribution in [-0.2, 0) is 6.54 Å². The number of halogens is 1. The van der Waals surface area contributed by atoms with E-state index in [-0.39, 0.29) is 5.91 Å². The van der Waals surface area contributed by atoms with Crippen molar-refractivity contribution >= 4 is 49.0 Å². The first-order chi connectivity index (χ1) is 12.8. The first-order valence-corrected chi connectivity index (χ1v) is 9.93. The summed E-state index contributed by atoms with van der Waals surface area (Å²) in [6.45, 7) is 6.36. The fourth-order valence-corrected chi connectivity index (χ4v) is 4.46. The van der Waals surface area contributed by atoms with Crippen molar-refractivity contribution in [2.45, 2.75) is 27.3 Å². The van der Waals surface area contributed by atoms with Crippen molar-refractivity contribution in [2.24, 2.45) is 0 Å². The number of aryl methyl sites for hydroxylation is 2. The highest BCUT2D eigenvalue weighted by atomic mass is 79.9. The van der Waals surface area contributed by atoms with Gasteiger partial charge in [-0.05, 0) is 42.3 Å². The van der Waals surface area contributed by atoms with Gasteiger partial charge in [0.1, 0.15) is 17.7 Å². The van der Waals surface area contributed by atoms with Crippen molar-refractivity contribution in [1.82, 2.24) is 34.3 Å². The summed E-state index contributed by atoms with van der Waals surface area (Å²) in [4.78, 5) is 24.7. The van der Waals surface area contributed by atoms with Gasteiger partial charge in [0.25, 0.3) is 5.91 Å². The van der Waals surface area contributed by atoms with Crippen LogP contribution in [0.4, 0.5) is 0 Å². The molecule has 0 aromatic carbocycles. The van der Waals surface area contributed by atoms with Crippen LogP contribution >= 0.6 is 27.3 Å². The van der Waals surface area contributed by atoms with E-state index >= 15 is 0 Å². The van der Waals surface area contributed by atoms with Crippen LogP contribution in [-0.4, -0.2) is 54.3 Å². The number of rotatable bonds is 3. The molecule has 0 saturated carbocycles. The van der Waals surface area contributed by atoms with E-state index in [9.17, 15) is 4.79 Å². The molecule has 0 fully saturated rings. The van der Waals surface area contributed by atoms with Crippen molar-refractivity contribution in [3.63, 3.8) is 0 Å². The molecule has 27 heavy (non-hydrogen) atoms. The van der Waals surface area contributed by atoms with Gasteiger partial charge in [0, 0.05) is 14.1 Å². The molecule has 4 aromatic rings. The van der Waals surface area contributed by atoms with E-state index < -0.39 is 0 Å². The van der Waals surface area contributed by atoms with Gasteiger partial charge in [0.15, 0.2) is 11.5 Å². The van der Waals surface area contributed by atoms with Crippen LogP contribution in [0.25, 0.3) is 15.9 Å². The summed E-state index contributed by atoms with van der Waals surface area (Å²) >= 11 is 4.93. The van der Waals surface area contributed by atoms with Crippen LogP contribution in [0, 0.1) is 20.8 Å². The number of fused-ring (bicyclic) bond motifs is 3. The zero-order valence-corrected chi connectivity index (χ0v) is 18.0. The Kier molecular flexibility index (Phi) is 4.26. The maximum Gasteiger partial charge on any atom is 0.263 e. The maximum atomic E-state index is 12.4. The molecule has 0 bridgehead atoms. The highest BCUT2D eigenvalue weighted by Gasteiger charge is 2.21. The van der Waals surface area contributed by atoms with Crippen LogP contribution in [0.1, 0.15) is 32.4 Å². The Bertz CT molecular complexity index is 1200. The topological polar surface area (TPSA) is 81.2 Å². The smallest absolute Gasteiger partial charge is 0.263 e. The fraction of sp³-hybridized carbons (Fsp3) is 0.353. The molecule has 0 saturated heterocycles.